The number of benzene rings is 1. The molecule has 0 aliphatic heterocycles. The highest BCUT2D eigenvalue weighted by Gasteiger charge is 2.15. The van der Waals surface area contributed by atoms with Crippen LogP contribution in [0.3, 0.4) is 0 Å². The molecule has 0 saturated heterocycles. The molecule has 1 aromatic rings. The van der Waals surface area contributed by atoms with Gasteiger partial charge in [0.1, 0.15) is 5.75 Å². The molecule has 0 radical (unpaired) electrons. The van der Waals surface area contributed by atoms with Crippen LogP contribution in [0.15, 0.2) is 18.2 Å². The zero-order chi connectivity index (χ0) is 12.1. The minimum absolute atomic E-state index is 0.355. The molecule has 0 aliphatic rings. The third-order valence-corrected chi connectivity index (χ3v) is 3.04. The molecular weight excluding hydrogens is 222 g/mol. The van der Waals surface area contributed by atoms with Crippen molar-refractivity contribution < 1.29 is 4.74 Å². The summed E-state index contributed by atoms with van der Waals surface area (Å²) in [4.78, 5) is 0. The molecule has 0 fully saturated rings. The lowest BCUT2D eigenvalue weighted by molar-refractivity contribution is 0.340. The largest absolute Gasteiger partial charge is 0.492 e. The molecule has 0 spiro atoms. The van der Waals surface area contributed by atoms with Crippen molar-refractivity contribution in [2.75, 3.05) is 13.2 Å². The van der Waals surface area contributed by atoms with Crippen LogP contribution in [0.2, 0.25) is 5.02 Å². The van der Waals surface area contributed by atoms with E-state index in [0.717, 1.165) is 5.75 Å². The Hall–Kier alpha value is -0.730. The Morgan fingerprint density at radius 3 is 2.50 bits per heavy atom. The van der Waals surface area contributed by atoms with Gasteiger partial charge in [0.2, 0.25) is 0 Å². The minimum Gasteiger partial charge on any atom is -0.492 e. The van der Waals surface area contributed by atoms with Crippen LogP contribution in [0, 0.1) is 5.92 Å². The highest BCUT2D eigenvalue weighted by atomic mass is 35.5. The highest BCUT2D eigenvalue weighted by molar-refractivity contribution is 6.32. The Morgan fingerprint density at radius 1 is 1.38 bits per heavy atom. The van der Waals surface area contributed by atoms with Crippen LogP contribution in [0.5, 0.6) is 5.75 Å². The summed E-state index contributed by atoms with van der Waals surface area (Å²) >= 11 is 6.15. The summed E-state index contributed by atoms with van der Waals surface area (Å²) in [5, 5.41) is 0.665. The Bertz CT molecular complexity index is 339. The van der Waals surface area contributed by atoms with E-state index in [1.807, 2.05) is 19.1 Å². The van der Waals surface area contributed by atoms with Crippen LogP contribution in [0.1, 0.15) is 32.3 Å². The van der Waals surface area contributed by atoms with Gasteiger partial charge >= 0.3 is 0 Å². The summed E-state index contributed by atoms with van der Waals surface area (Å²) in [6.45, 7) is 7.55. The van der Waals surface area contributed by atoms with Gasteiger partial charge in [-0.2, -0.15) is 0 Å². The number of nitrogens with two attached hydrogens (primary N) is 1. The van der Waals surface area contributed by atoms with E-state index in [1.54, 1.807) is 0 Å². The third-order valence-electron chi connectivity index (χ3n) is 2.74. The van der Waals surface area contributed by atoms with Crippen molar-refractivity contribution in [3.8, 4) is 5.75 Å². The van der Waals surface area contributed by atoms with Gasteiger partial charge in [0.25, 0.3) is 0 Å². The van der Waals surface area contributed by atoms with E-state index in [2.05, 4.69) is 19.9 Å². The second kappa shape index (κ2) is 6.12. The summed E-state index contributed by atoms with van der Waals surface area (Å²) in [6, 6.07) is 5.94. The smallest absolute Gasteiger partial charge is 0.137 e. The van der Waals surface area contributed by atoms with Crippen molar-refractivity contribution in [3.63, 3.8) is 0 Å². The van der Waals surface area contributed by atoms with Gasteiger partial charge in [0.05, 0.1) is 11.6 Å². The van der Waals surface area contributed by atoms with Crippen molar-refractivity contribution in [2.24, 2.45) is 11.7 Å². The van der Waals surface area contributed by atoms with Crippen molar-refractivity contribution in [1.82, 2.24) is 0 Å². The predicted molar refractivity (Wildman–Crippen MR) is 69.3 cm³/mol. The highest BCUT2D eigenvalue weighted by Crippen LogP contribution is 2.31. The number of halogens is 1. The summed E-state index contributed by atoms with van der Waals surface area (Å²) in [7, 11) is 0. The van der Waals surface area contributed by atoms with Crippen LogP contribution < -0.4 is 10.5 Å². The first-order valence-electron chi connectivity index (χ1n) is 5.72. The zero-order valence-electron chi connectivity index (χ0n) is 10.2. The van der Waals surface area contributed by atoms with Crippen molar-refractivity contribution in [1.29, 1.82) is 0 Å². The van der Waals surface area contributed by atoms with Crippen LogP contribution in [-0.4, -0.2) is 13.2 Å². The van der Waals surface area contributed by atoms with Crippen LogP contribution in [0.25, 0.3) is 0 Å². The van der Waals surface area contributed by atoms with Gasteiger partial charge in [-0.05, 0) is 43.0 Å². The second-order valence-corrected chi connectivity index (χ2v) is 4.62. The molecule has 2 N–H and O–H groups in total. The fourth-order valence-corrected chi connectivity index (χ4v) is 2.06. The molecule has 1 rings (SSSR count). The maximum Gasteiger partial charge on any atom is 0.137 e. The Morgan fingerprint density at radius 2 is 2.06 bits per heavy atom. The summed E-state index contributed by atoms with van der Waals surface area (Å²) in [5.41, 5.74) is 6.96. The standard InChI is InChI=1S/C13H20ClNO/c1-4-16-13-6-5-10(7-12(13)14)11(8-15)9(2)3/h5-7,9,11H,4,8,15H2,1-3H3. The van der Waals surface area contributed by atoms with Gasteiger partial charge in [-0.25, -0.2) is 0 Å². The molecule has 0 saturated carbocycles. The zero-order valence-corrected chi connectivity index (χ0v) is 10.9. The van der Waals surface area contributed by atoms with E-state index >= 15 is 0 Å². The number of ether oxygens (including phenoxy) is 1. The van der Waals surface area contributed by atoms with Crippen LogP contribution in [-0.2, 0) is 0 Å². The molecule has 1 unspecified atom stereocenters. The van der Waals surface area contributed by atoms with Gasteiger partial charge in [-0.1, -0.05) is 31.5 Å². The monoisotopic (exact) mass is 241 g/mol. The average Bonchev–Trinajstić information content (AvgIpc) is 2.22. The lowest BCUT2D eigenvalue weighted by Gasteiger charge is -2.20. The summed E-state index contributed by atoms with van der Waals surface area (Å²) < 4.78 is 5.40. The van der Waals surface area contributed by atoms with Gasteiger partial charge in [-0.15, -0.1) is 0 Å². The minimum atomic E-state index is 0.355. The predicted octanol–water partition coefficient (Wildman–Crippen LogP) is 3.44. The van der Waals surface area contributed by atoms with E-state index in [4.69, 9.17) is 22.1 Å². The van der Waals surface area contributed by atoms with Crippen molar-refractivity contribution in [2.45, 2.75) is 26.7 Å². The lowest BCUT2D eigenvalue weighted by atomic mass is 9.88. The quantitative estimate of drug-likeness (QED) is 0.857. The van der Waals surface area contributed by atoms with E-state index in [9.17, 15) is 0 Å². The molecule has 0 aliphatic carbocycles. The van der Waals surface area contributed by atoms with Gasteiger partial charge in [-0.3, -0.25) is 0 Å². The van der Waals surface area contributed by atoms with Crippen LogP contribution in [0.4, 0.5) is 0 Å². The van der Waals surface area contributed by atoms with Gasteiger partial charge in [0.15, 0.2) is 0 Å². The molecule has 0 aromatic heterocycles. The average molecular weight is 242 g/mol. The first-order valence-corrected chi connectivity index (χ1v) is 6.10. The molecule has 16 heavy (non-hydrogen) atoms. The number of hydrogen-bond donors (Lipinski definition) is 1. The topological polar surface area (TPSA) is 35.2 Å². The van der Waals surface area contributed by atoms with Crippen molar-refractivity contribution in [3.05, 3.63) is 28.8 Å². The molecule has 90 valence electrons. The normalized spacial score (nSPS) is 12.9. The van der Waals surface area contributed by atoms with Gasteiger partial charge in [0, 0.05) is 0 Å². The third kappa shape index (κ3) is 3.13. The summed E-state index contributed by atoms with van der Waals surface area (Å²) in [5.74, 6) is 1.61. The molecule has 0 bridgehead atoms. The van der Waals surface area contributed by atoms with Gasteiger partial charge < -0.3 is 10.5 Å². The molecule has 0 heterocycles. The molecule has 0 amide bonds. The molecular formula is C13H20ClNO. The molecule has 1 atom stereocenters. The van der Waals surface area contributed by atoms with E-state index in [1.165, 1.54) is 5.56 Å². The Labute approximate surface area is 103 Å². The second-order valence-electron chi connectivity index (χ2n) is 4.21. The fraction of sp³-hybridized carbons (Fsp3) is 0.538. The van der Waals surface area contributed by atoms with E-state index in [0.29, 0.717) is 30.0 Å². The first kappa shape index (κ1) is 13.3. The number of hydrogen-bond acceptors (Lipinski definition) is 2. The van der Waals surface area contributed by atoms with Crippen molar-refractivity contribution >= 4 is 11.6 Å². The lowest BCUT2D eigenvalue weighted by Crippen LogP contribution is -2.17. The van der Waals surface area contributed by atoms with Crippen LogP contribution >= 0.6 is 11.6 Å². The summed E-state index contributed by atoms with van der Waals surface area (Å²) in [6.07, 6.45) is 0. The Balaban J connectivity index is 2.95. The van der Waals surface area contributed by atoms with E-state index < -0.39 is 0 Å². The SMILES string of the molecule is CCOc1ccc(C(CN)C(C)C)cc1Cl. The Kier molecular flexibility index (Phi) is 5.10. The fourth-order valence-electron chi connectivity index (χ4n) is 1.81. The molecule has 1 aromatic carbocycles. The maximum atomic E-state index is 6.15. The van der Waals surface area contributed by atoms with E-state index in [-0.39, 0.29) is 0 Å². The maximum absolute atomic E-state index is 6.15. The molecule has 3 heteroatoms. The first-order chi connectivity index (χ1) is 7.60. The molecule has 2 nitrogen and oxygen atoms in total. The number of rotatable bonds is 5.